The van der Waals surface area contributed by atoms with Gasteiger partial charge in [-0.2, -0.15) is 5.10 Å². The first-order valence-electron chi connectivity index (χ1n) is 11.4. The van der Waals surface area contributed by atoms with E-state index >= 15 is 0 Å². The van der Waals surface area contributed by atoms with E-state index in [9.17, 15) is 9.59 Å². The topological polar surface area (TPSA) is 89.2 Å². The lowest BCUT2D eigenvalue weighted by atomic mass is 9.95. The lowest BCUT2D eigenvalue weighted by molar-refractivity contribution is -0.134. The lowest BCUT2D eigenvalue weighted by Crippen LogP contribution is -2.39. The molecular weight excluding hydrogens is 394 g/mol. The Bertz CT molecular complexity index is 924. The summed E-state index contributed by atoms with van der Waals surface area (Å²) < 4.78 is 4.05. The van der Waals surface area contributed by atoms with Gasteiger partial charge in [-0.25, -0.2) is 0 Å². The van der Waals surface area contributed by atoms with Crippen molar-refractivity contribution >= 4 is 11.8 Å². The molecular formula is C22H33N7O2. The van der Waals surface area contributed by atoms with Crippen LogP contribution < -0.4 is 0 Å². The van der Waals surface area contributed by atoms with Gasteiger partial charge in [-0.1, -0.05) is 13.8 Å². The SMILES string of the molecule is Cc1cnn(CCC(=O)N2CCC(c3nnc4n3CCN(C(=O)C(C)C)CC4)CC2)c1. The van der Waals surface area contributed by atoms with Crippen LogP contribution in [0.2, 0.25) is 0 Å². The maximum absolute atomic E-state index is 12.6. The first kappa shape index (κ1) is 21.5. The molecule has 31 heavy (non-hydrogen) atoms. The molecule has 0 bridgehead atoms. The summed E-state index contributed by atoms with van der Waals surface area (Å²) in [6.45, 7) is 10.2. The van der Waals surface area contributed by atoms with Crippen LogP contribution in [0.4, 0.5) is 0 Å². The van der Waals surface area contributed by atoms with E-state index in [0.717, 1.165) is 56.1 Å². The molecule has 9 heteroatoms. The zero-order valence-corrected chi connectivity index (χ0v) is 18.8. The molecule has 0 spiro atoms. The van der Waals surface area contributed by atoms with Gasteiger partial charge in [0.05, 0.1) is 6.20 Å². The van der Waals surface area contributed by atoms with Crippen LogP contribution in [0, 0.1) is 12.8 Å². The molecule has 2 aromatic rings. The summed E-state index contributed by atoms with van der Waals surface area (Å²) in [7, 11) is 0. The van der Waals surface area contributed by atoms with Crippen molar-refractivity contribution in [3.05, 3.63) is 29.6 Å². The number of amides is 2. The number of aromatic nitrogens is 5. The highest BCUT2D eigenvalue weighted by molar-refractivity contribution is 5.78. The van der Waals surface area contributed by atoms with Gasteiger partial charge in [0.2, 0.25) is 11.8 Å². The maximum atomic E-state index is 12.6. The fourth-order valence-corrected chi connectivity index (χ4v) is 4.58. The highest BCUT2D eigenvalue weighted by Gasteiger charge is 2.30. The summed E-state index contributed by atoms with van der Waals surface area (Å²) in [6, 6.07) is 0. The normalized spacial score (nSPS) is 17.7. The van der Waals surface area contributed by atoms with Crippen molar-refractivity contribution < 1.29 is 9.59 Å². The van der Waals surface area contributed by atoms with Crippen molar-refractivity contribution in [3.8, 4) is 0 Å². The molecule has 0 saturated carbocycles. The highest BCUT2D eigenvalue weighted by Crippen LogP contribution is 2.28. The number of carbonyl (C=O) groups excluding carboxylic acids is 2. The molecule has 9 nitrogen and oxygen atoms in total. The summed E-state index contributed by atoms with van der Waals surface area (Å²) >= 11 is 0. The van der Waals surface area contributed by atoms with Crippen molar-refractivity contribution in [2.24, 2.45) is 5.92 Å². The molecule has 2 aromatic heterocycles. The molecule has 2 aliphatic heterocycles. The minimum Gasteiger partial charge on any atom is -0.343 e. The fraction of sp³-hybridized carbons (Fsp3) is 0.682. The van der Waals surface area contributed by atoms with E-state index in [2.05, 4.69) is 19.9 Å². The van der Waals surface area contributed by atoms with Crippen LogP contribution in [0.3, 0.4) is 0 Å². The van der Waals surface area contributed by atoms with Crippen molar-refractivity contribution in [1.29, 1.82) is 0 Å². The van der Waals surface area contributed by atoms with E-state index in [1.807, 2.05) is 47.6 Å². The largest absolute Gasteiger partial charge is 0.343 e. The Hall–Kier alpha value is -2.71. The van der Waals surface area contributed by atoms with Gasteiger partial charge >= 0.3 is 0 Å². The molecule has 168 valence electrons. The lowest BCUT2D eigenvalue weighted by Gasteiger charge is -2.32. The zero-order chi connectivity index (χ0) is 22.0. The molecule has 1 fully saturated rings. The molecule has 2 aliphatic rings. The second kappa shape index (κ2) is 9.20. The third-order valence-corrected chi connectivity index (χ3v) is 6.39. The molecule has 4 heterocycles. The third-order valence-electron chi connectivity index (χ3n) is 6.39. The number of nitrogens with zero attached hydrogens (tertiary/aromatic N) is 7. The van der Waals surface area contributed by atoms with Crippen molar-refractivity contribution in [2.45, 2.75) is 65.5 Å². The van der Waals surface area contributed by atoms with E-state index < -0.39 is 0 Å². The Morgan fingerprint density at radius 1 is 1.06 bits per heavy atom. The number of piperidine rings is 1. The minimum atomic E-state index is 0.0159. The Labute approximate surface area is 183 Å². The predicted octanol–water partition coefficient (Wildman–Crippen LogP) is 1.62. The Kier molecular flexibility index (Phi) is 6.38. The van der Waals surface area contributed by atoms with Gasteiger partial charge in [-0.3, -0.25) is 14.3 Å². The first-order valence-corrected chi connectivity index (χ1v) is 11.4. The summed E-state index contributed by atoms with van der Waals surface area (Å²) in [6.07, 6.45) is 6.81. The monoisotopic (exact) mass is 427 g/mol. The second-order valence-electron chi connectivity index (χ2n) is 9.04. The van der Waals surface area contributed by atoms with Crippen molar-refractivity contribution in [2.75, 3.05) is 26.2 Å². The molecule has 0 radical (unpaired) electrons. The van der Waals surface area contributed by atoms with Gasteiger partial charge in [0.25, 0.3) is 0 Å². The molecule has 0 N–H and O–H groups in total. The quantitative estimate of drug-likeness (QED) is 0.723. The van der Waals surface area contributed by atoms with Crippen molar-refractivity contribution in [3.63, 3.8) is 0 Å². The Morgan fingerprint density at radius 2 is 1.84 bits per heavy atom. The number of hydrogen-bond acceptors (Lipinski definition) is 5. The van der Waals surface area contributed by atoms with Crippen molar-refractivity contribution in [1.82, 2.24) is 34.3 Å². The molecule has 0 aliphatic carbocycles. The van der Waals surface area contributed by atoms with E-state index in [1.165, 1.54) is 0 Å². The predicted molar refractivity (Wildman–Crippen MR) is 115 cm³/mol. The van der Waals surface area contributed by atoms with Gasteiger partial charge in [0.1, 0.15) is 11.6 Å². The van der Waals surface area contributed by atoms with Gasteiger partial charge in [-0.15, -0.1) is 10.2 Å². The molecule has 0 atom stereocenters. The summed E-state index contributed by atoms with van der Waals surface area (Å²) in [5.41, 5.74) is 1.11. The van der Waals surface area contributed by atoms with Crippen LogP contribution in [-0.4, -0.2) is 72.3 Å². The maximum Gasteiger partial charge on any atom is 0.225 e. The number of fused-ring (bicyclic) bond motifs is 1. The van der Waals surface area contributed by atoms with E-state index in [4.69, 9.17) is 0 Å². The van der Waals surface area contributed by atoms with Crippen LogP contribution >= 0.6 is 0 Å². The molecule has 4 rings (SSSR count). The minimum absolute atomic E-state index is 0.0159. The average molecular weight is 428 g/mol. The fourth-order valence-electron chi connectivity index (χ4n) is 4.58. The Morgan fingerprint density at radius 3 is 2.52 bits per heavy atom. The smallest absolute Gasteiger partial charge is 0.225 e. The number of carbonyl (C=O) groups is 2. The summed E-state index contributed by atoms with van der Waals surface area (Å²) in [4.78, 5) is 28.9. The van der Waals surface area contributed by atoms with Crippen LogP contribution in [0.15, 0.2) is 12.4 Å². The first-order chi connectivity index (χ1) is 14.9. The van der Waals surface area contributed by atoms with Gasteiger partial charge in [0.15, 0.2) is 0 Å². The summed E-state index contributed by atoms with van der Waals surface area (Å²) in [5, 5.41) is 13.2. The molecule has 1 saturated heterocycles. The third kappa shape index (κ3) is 4.80. The number of likely N-dealkylation sites (tertiary alicyclic amines) is 1. The van der Waals surface area contributed by atoms with Crippen LogP contribution in [-0.2, 0) is 29.1 Å². The highest BCUT2D eigenvalue weighted by atomic mass is 16.2. The summed E-state index contributed by atoms with van der Waals surface area (Å²) in [5.74, 6) is 2.72. The number of rotatable bonds is 5. The van der Waals surface area contributed by atoms with Gasteiger partial charge < -0.3 is 14.4 Å². The standard InChI is InChI=1S/C22H33N7O2/c1-16(2)22(31)27-10-6-19-24-25-21(29(19)13-12-27)18-4-8-26(9-5-18)20(30)7-11-28-15-17(3)14-23-28/h14-16,18H,4-13H2,1-3H3. The van der Waals surface area contributed by atoms with Gasteiger partial charge in [0, 0.05) is 70.1 Å². The van der Waals surface area contributed by atoms with E-state index in [1.54, 1.807) is 0 Å². The Balaban J connectivity index is 1.31. The number of aryl methyl sites for hydroxylation is 2. The molecule has 0 unspecified atom stereocenters. The van der Waals surface area contributed by atoms with Crippen LogP contribution in [0.5, 0.6) is 0 Å². The van der Waals surface area contributed by atoms with E-state index in [0.29, 0.717) is 32.0 Å². The van der Waals surface area contributed by atoms with E-state index in [-0.39, 0.29) is 17.7 Å². The molecule has 0 aromatic carbocycles. The zero-order valence-electron chi connectivity index (χ0n) is 18.8. The second-order valence-corrected chi connectivity index (χ2v) is 9.04. The van der Waals surface area contributed by atoms with Gasteiger partial charge in [-0.05, 0) is 25.3 Å². The van der Waals surface area contributed by atoms with Crippen LogP contribution in [0.25, 0.3) is 0 Å². The number of hydrogen-bond donors (Lipinski definition) is 0. The van der Waals surface area contributed by atoms with Crippen LogP contribution in [0.1, 0.15) is 56.2 Å². The average Bonchev–Trinajstić information content (AvgIpc) is 3.31. The molecule has 2 amide bonds.